The number of aliphatic hydroxyl groups excluding tert-OH is 6. The number of fused-ring (bicyclic) bond motifs is 5. The first-order valence-corrected chi connectivity index (χ1v) is 16.4. The first-order chi connectivity index (χ1) is 21.6. The monoisotopic (exact) mass is 664 g/mol. The second kappa shape index (κ2) is 11.7. The highest BCUT2D eigenvalue weighted by molar-refractivity contribution is 5.93. The maximum absolute atomic E-state index is 14.6. The van der Waals surface area contributed by atoms with E-state index in [4.69, 9.17) is 9.47 Å². The number of carbonyl (C=O) groups is 1. The quantitative estimate of drug-likeness (QED) is 0.182. The number of hydrogen-bond acceptors (Lipinski definition) is 12. The molecule has 2 saturated carbocycles. The summed E-state index contributed by atoms with van der Waals surface area (Å²) in [5, 5.41) is 96.6. The van der Waals surface area contributed by atoms with Gasteiger partial charge >= 0.3 is 0 Å². The summed E-state index contributed by atoms with van der Waals surface area (Å²) in [6.45, 7) is 11.4. The van der Waals surface area contributed by atoms with Crippen molar-refractivity contribution in [3.63, 3.8) is 0 Å². The molecule has 264 valence electrons. The van der Waals surface area contributed by atoms with Crippen molar-refractivity contribution in [3.8, 4) is 11.5 Å². The molecule has 4 aliphatic rings. The van der Waals surface area contributed by atoms with Crippen LogP contribution in [-0.4, -0.2) is 112 Å². The van der Waals surface area contributed by atoms with Crippen LogP contribution >= 0.6 is 0 Å². The van der Waals surface area contributed by atoms with Crippen molar-refractivity contribution in [2.45, 2.75) is 134 Å². The van der Waals surface area contributed by atoms with Crippen LogP contribution in [0.5, 0.6) is 11.5 Å². The first-order valence-electron chi connectivity index (χ1n) is 16.4. The van der Waals surface area contributed by atoms with Gasteiger partial charge in [-0.1, -0.05) is 26.0 Å². The number of phenolic OH excluding ortho intramolecular Hbond substituents is 1. The SMILES string of the molecule is Cc1c(O)c(O[C@@H]2O[C@H](CO)[C@@H](O)[C@H](O)[C@H]2O)cc2c1CC[C@@H]1[C@@]2(C)C(=O)C[C@]2(C)[C@@H]([C@@](C)(O)C(O)/C=C/C(C)(C)O)[C@H](O)C[C@@]12C. The van der Waals surface area contributed by atoms with Gasteiger partial charge in [0.15, 0.2) is 11.5 Å². The number of carbonyl (C=O) groups excluding carboxylic acids is 1. The van der Waals surface area contributed by atoms with Crippen LogP contribution in [0.15, 0.2) is 18.2 Å². The summed E-state index contributed by atoms with van der Waals surface area (Å²) in [6, 6.07) is 1.55. The van der Waals surface area contributed by atoms with Gasteiger partial charge in [0, 0.05) is 12.3 Å². The van der Waals surface area contributed by atoms with Gasteiger partial charge in [-0.25, -0.2) is 0 Å². The number of aromatic hydroxyl groups is 1. The van der Waals surface area contributed by atoms with E-state index in [2.05, 4.69) is 0 Å². The van der Waals surface area contributed by atoms with Crippen LogP contribution in [0.4, 0.5) is 0 Å². The minimum atomic E-state index is -1.84. The number of ketones is 1. The van der Waals surface area contributed by atoms with E-state index in [0.29, 0.717) is 24.0 Å². The van der Waals surface area contributed by atoms with Gasteiger partial charge < -0.3 is 55.4 Å². The molecule has 47 heavy (non-hydrogen) atoms. The van der Waals surface area contributed by atoms with Gasteiger partial charge in [-0.15, -0.1) is 0 Å². The second-order valence-electron chi connectivity index (χ2n) is 15.9. The van der Waals surface area contributed by atoms with Crippen LogP contribution in [0.2, 0.25) is 0 Å². The summed E-state index contributed by atoms with van der Waals surface area (Å²) < 4.78 is 11.4. The van der Waals surface area contributed by atoms with E-state index in [1.807, 2.05) is 20.8 Å². The Labute approximate surface area is 275 Å². The van der Waals surface area contributed by atoms with Crippen molar-refractivity contribution in [3.05, 3.63) is 34.9 Å². The van der Waals surface area contributed by atoms with Gasteiger partial charge in [-0.05, 0) is 93.4 Å². The minimum Gasteiger partial charge on any atom is -0.504 e. The summed E-state index contributed by atoms with van der Waals surface area (Å²) in [5.41, 5.74) is -3.93. The number of rotatable bonds is 7. The van der Waals surface area contributed by atoms with Gasteiger partial charge in [0.05, 0.1) is 29.3 Å². The highest BCUT2D eigenvalue weighted by Gasteiger charge is 2.73. The zero-order valence-corrected chi connectivity index (χ0v) is 28.2. The fourth-order valence-electron chi connectivity index (χ4n) is 9.72. The average Bonchev–Trinajstić information content (AvgIpc) is 3.19. The van der Waals surface area contributed by atoms with Crippen molar-refractivity contribution in [1.29, 1.82) is 0 Å². The highest BCUT2D eigenvalue weighted by atomic mass is 16.7. The van der Waals surface area contributed by atoms with Crippen molar-refractivity contribution in [1.82, 2.24) is 0 Å². The molecule has 3 aliphatic carbocycles. The summed E-state index contributed by atoms with van der Waals surface area (Å²) in [7, 11) is 0. The number of phenols is 1. The zero-order chi connectivity index (χ0) is 35.2. The summed E-state index contributed by atoms with van der Waals surface area (Å²) >= 11 is 0. The molecular weight excluding hydrogens is 612 g/mol. The summed E-state index contributed by atoms with van der Waals surface area (Å²) in [4.78, 5) is 14.6. The van der Waals surface area contributed by atoms with E-state index in [-0.39, 0.29) is 36.0 Å². The normalized spacial score (nSPS) is 42.4. The Morgan fingerprint density at radius 1 is 1.06 bits per heavy atom. The average molecular weight is 665 g/mol. The smallest absolute Gasteiger partial charge is 0.229 e. The molecule has 0 bridgehead atoms. The molecule has 3 fully saturated rings. The zero-order valence-electron chi connectivity index (χ0n) is 28.2. The standard InChI is InChI=1S/C35H52O12/c1-16-17-8-9-22-32(4)13-19(37)29(35(7,45)23(38)10-11-31(2,3)44)33(32,5)14-24(39)34(22,6)18(17)12-20(25(16)40)46-30-28(43)27(42)26(41)21(15-36)47-30/h10-12,19,21-23,26-30,36-38,40-45H,8-9,13-15H2,1-7H3/b11-10+/t19-,21-,22+,23?,26-,27+,28-,29+,30-,32+,33-,34+,35+/m1/s1. The van der Waals surface area contributed by atoms with E-state index < -0.39 is 82.9 Å². The lowest BCUT2D eigenvalue weighted by Crippen LogP contribution is -2.64. The van der Waals surface area contributed by atoms with Crippen LogP contribution in [0, 0.1) is 29.6 Å². The van der Waals surface area contributed by atoms with E-state index in [1.54, 1.807) is 13.0 Å². The molecule has 13 atom stereocenters. The fourth-order valence-corrected chi connectivity index (χ4v) is 9.72. The predicted octanol–water partition coefficient (Wildman–Crippen LogP) is 0.505. The molecule has 5 rings (SSSR count). The Balaban J connectivity index is 1.55. The molecule has 1 aliphatic heterocycles. The molecule has 1 heterocycles. The van der Waals surface area contributed by atoms with Crippen molar-refractivity contribution < 1.29 is 60.2 Å². The molecule has 0 amide bonds. The Morgan fingerprint density at radius 3 is 2.30 bits per heavy atom. The van der Waals surface area contributed by atoms with E-state index >= 15 is 0 Å². The number of ether oxygens (including phenoxy) is 2. The van der Waals surface area contributed by atoms with E-state index in [1.165, 1.54) is 32.9 Å². The molecule has 9 N–H and O–H groups in total. The molecule has 0 aromatic heterocycles. The second-order valence-corrected chi connectivity index (χ2v) is 15.9. The van der Waals surface area contributed by atoms with Gasteiger partial charge in [-0.2, -0.15) is 0 Å². The van der Waals surface area contributed by atoms with Gasteiger partial charge in [0.25, 0.3) is 0 Å². The van der Waals surface area contributed by atoms with Crippen LogP contribution < -0.4 is 4.74 Å². The third-order valence-electron chi connectivity index (χ3n) is 12.5. The van der Waals surface area contributed by atoms with Crippen LogP contribution in [-0.2, 0) is 21.4 Å². The third-order valence-corrected chi connectivity index (χ3v) is 12.5. The minimum absolute atomic E-state index is 0.0153. The van der Waals surface area contributed by atoms with Crippen LogP contribution in [0.3, 0.4) is 0 Å². The molecule has 1 aromatic rings. The van der Waals surface area contributed by atoms with Crippen molar-refractivity contribution in [2.24, 2.45) is 22.7 Å². The van der Waals surface area contributed by atoms with E-state index in [9.17, 15) is 50.8 Å². The lowest BCUT2D eigenvalue weighted by molar-refractivity contribution is -0.277. The lowest BCUT2D eigenvalue weighted by atomic mass is 9.41. The number of aliphatic hydroxyl groups is 8. The van der Waals surface area contributed by atoms with Crippen molar-refractivity contribution >= 4 is 5.78 Å². The highest BCUT2D eigenvalue weighted by Crippen LogP contribution is 2.72. The van der Waals surface area contributed by atoms with Gasteiger partial charge in [-0.3, -0.25) is 4.79 Å². The molecule has 1 unspecified atom stereocenters. The topological polar surface area (TPSA) is 218 Å². The molecule has 1 saturated heterocycles. The number of benzene rings is 1. The molecular formula is C35H52O12. The molecule has 12 heteroatoms. The largest absolute Gasteiger partial charge is 0.504 e. The lowest BCUT2D eigenvalue weighted by Gasteiger charge is -2.62. The maximum Gasteiger partial charge on any atom is 0.229 e. The molecule has 12 nitrogen and oxygen atoms in total. The Hall–Kier alpha value is -2.13. The van der Waals surface area contributed by atoms with Crippen molar-refractivity contribution in [2.75, 3.05) is 6.61 Å². The summed E-state index contributed by atoms with van der Waals surface area (Å²) in [5.74, 6) is -1.68. The molecule has 1 aromatic carbocycles. The Bertz CT molecular complexity index is 1420. The van der Waals surface area contributed by atoms with Crippen LogP contribution in [0.25, 0.3) is 0 Å². The van der Waals surface area contributed by atoms with Gasteiger partial charge in [0.1, 0.15) is 36.3 Å². The maximum atomic E-state index is 14.6. The van der Waals surface area contributed by atoms with Gasteiger partial charge in [0.2, 0.25) is 6.29 Å². The number of Topliss-reactive ketones (excluding diaryl/α,β-unsaturated/α-hetero) is 1. The Morgan fingerprint density at radius 2 is 1.70 bits per heavy atom. The van der Waals surface area contributed by atoms with Crippen LogP contribution in [0.1, 0.15) is 77.5 Å². The Kier molecular flexibility index (Phi) is 9.03. The van der Waals surface area contributed by atoms with E-state index in [0.717, 1.165) is 5.56 Å². The molecule has 0 radical (unpaired) electrons. The predicted molar refractivity (Wildman–Crippen MR) is 168 cm³/mol. The number of hydrogen-bond donors (Lipinski definition) is 9. The fraction of sp³-hybridized carbons (Fsp3) is 0.743. The molecule has 0 spiro atoms. The third kappa shape index (κ3) is 5.35. The summed E-state index contributed by atoms with van der Waals surface area (Å²) in [6.07, 6.45) is -6.22. The first kappa shape index (κ1) is 36.2.